The van der Waals surface area contributed by atoms with E-state index in [0.717, 1.165) is 0 Å². The van der Waals surface area contributed by atoms with Crippen molar-refractivity contribution in [3.05, 3.63) is 76.2 Å². The SMILES string of the molecule is Cc1nc([N+](=O)[O-])cn1CC(=O)Nc1ccc(Oc2cccc(C#N)c2)cc1. The normalized spacial score (nSPS) is 10.1. The predicted molar refractivity (Wildman–Crippen MR) is 99.9 cm³/mol. The number of rotatable bonds is 6. The molecule has 0 saturated heterocycles. The van der Waals surface area contributed by atoms with E-state index in [2.05, 4.69) is 10.3 Å². The fourth-order valence-corrected chi connectivity index (χ4v) is 2.47. The first-order valence-corrected chi connectivity index (χ1v) is 8.20. The summed E-state index contributed by atoms with van der Waals surface area (Å²) in [5.74, 6) is 0.824. The van der Waals surface area contributed by atoms with Crippen molar-refractivity contribution in [2.75, 3.05) is 5.32 Å². The second kappa shape index (κ2) is 8.01. The lowest BCUT2D eigenvalue weighted by atomic mass is 10.2. The van der Waals surface area contributed by atoms with Gasteiger partial charge in [-0.15, -0.1) is 0 Å². The Balaban J connectivity index is 1.61. The molecule has 2 aromatic carbocycles. The first-order valence-electron chi connectivity index (χ1n) is 8.20. The molecule has 0 aliphatic rings. The third kappa shape index (κ3) is 4.50. The maximum absolute atomic E-state index is 12.2. The van der Waals surface area contributed by atoms with Crippen LogP contribution in [0.5, 0.6) is 11.5 Å². The highest BCUT2D eigenvalue weighted by Crippen LogP contribution is 2.23. The molecular weight excluding hydrogens is 362 g/mol. The predicted octanol–water partition coefficient (Wildman–Crippen LogP) is 3.40. The summed E-state index contributed by atoms with van der Waals surface area (Å²) in [6.45, 7) is 1.50. The fourth-order valence-electron chi connectivity index (χ4n) is 2.47. The van der Waals surface area contributed by atoms with Gasteiger partial charge in [0.25, 0.3) is 0 Å². The molecule has 1 aromatic heterocycles. The molecule has 0 radical (unpaired) electrons. The molecule has 0 spiro atoms. The van der Waals surface area contributed by atoms with Gasteiger partial charge in [0.2, 0.25) is 11.7 Å². The molecule has 0 aliphatic carbocycles. The summed E-state index contributed by atoms with van der Waals surface area (Å²) >= 11 is 0. The van der Waals surface area contributed by atoms with Crippen LogP contribution in [-0.4, -0.2) is 20.4 Å². The summed E-state index contributed by atoms with van der Waals surface area (Å²) in [7, 11) is 0. The molecule has 1 N–H and O–H groups in total. The van der Waals surface area contributed by atoms with Crippen LogP contribution in [0.3, 0.4) is 0 Å². The smallest absolute Gasteiger partial charge is 0.381 e. The molecule has 1 heterocycles. The Hall–Kier alpha value is -4.19. The summed E-state index contributed by atoms with van der Waals surface area (Å²) in [5.41, 5.74) is 1.05. The van der Waals surface area contributed by atoms with Crippen LogP contribution in [0.1, 0.15) is 11.4 Å². The average molecular weight is 377 g/mol. The van der Waals surface area contributed by atoms with Gasteiger partial charge in [0, 0.05) is 12.6 Å². The lowest BCUT2D eigenvalue weighted by molar-refractivity contribution is -0.389. The number of anilines is 1. The second-order valence-electron chi connectivity index (χ2n) is 5.85. The van der Waals surface area contributed by atoms with Crippen molar-refractivity contribution in [3.8, 4) is 17.6 Å². The molecule has 1 amide bonds. The number of hydrogen-bond acceptors (Lipinski definition) is 6. The number of nitriles is 1. The van der Waals surface area contributed by atoms with Crippen molar-refractivity contribution in [1.29, 1.82) is 5.26 Å². The third-order valence-corrected chi connectivity index (χ3v) is 3.80. The van der Waals surface area contributed by atoms with E-state index < -0.39 is 4.92 Å². The molecule has 9 nitrogen and oxygen atoms in total. The first-order chi connectivity index (χ1) is 13.4. The van der Waals surface area contributed by atoms with E-state index in [4.69, 9.17) is 10.00 Å². The summed E-state index contributed by atoms with van der Waals surface area (Å²) in [6, 6.07) is 15.5. The van der Waals surface area contributed by atoms with E-state index in [-0.39, 0.29) is 18.3 Å². The van der Waals surface area contributed by atoms with Crippen LogP contribution in [0.15, 0.2) is 54.7 Å². The summed E-state index contributed by atoms with van der Waals surface area (Å²) < 4.78 is 7.09. The number of nitrogens with zero attached hydrogens (tertiary/aromatic N) is 4. The van der Waals surface area contributed by atoms with Crippen molar-refractivity contribution in [2.24, 2.45) is 0 Å². The van der Waals surface area contributed by atoms with E-state index in [1.807, 2.05) is 6.07 Å². The van der Waals surface area contributed by atoms with Crippen LogP contribution in [0, 0.1) is 28.4 Å². The number of aromatic nitrogens is 2. The Kier molecular flexibility index (Phi) is 5.32. The number of amides is 1. The molecule has 0 unspecified atom stereocenters. The zero-order chi connectivity index (χ0) is 20.1. The summed E-state index contributed by atoms with van der Waals surface area (Å²) in [6.07, 6.45) is 1.22. The van der Waals surface area contributed by atoms with Crippen LogP contribution in [0.25, 0.3) is 0 Å². The van der Waals surface area contributed by atoms with Crippen molar-refractivity contribution in [2.45, 2.75) is 13.5 Å². The molecule has 3 rings (SSSR count). The third-order valence-electron chi connectivity index (χ3n) is 3.80. The quantitative estimate of drug-likeness (QED) is 0.519. The van der Waals surface area contributed by atoms with E-state index in [1.165, 1.54) is 10.8 Å². The minimum atomic E-state index is -0.605. The fraction of sp³-hybridized carbons (Fsp3) is 0.105. The van der Waals surface area contributed by atoms with Crippen LogP contribution in [-0.2, 0) is 11.3 Å². The number of benzene rings is 2. The van der Waals surface area contributed by atoms with Crippen LogP contribution in [0.4, 0.5) is 11.5 Å². The molecule has 0 bridgehead atoms. The highest BCUT2D eigenvalue weighted by molar-refractivity contribution is 5.90. The highest BCUT2D eigenvalue weighted by Gasteiger charge is 2.17. The van der Waals surface area contributed by atoms with E-state index >= 15 is 0 Å². The minimum Gasteiger partial charge on any atom is -0.457 e. The number of nitrogens with one attached hydrogen (secondary N) is 1. The standard InChI is InChI=1S/C19H15N5O4/c1-13-21-18(24(26)27)11-23(13)12-19(25)22-15-5-7-16(8-6-15)28-17-4-2-3-14(9-17)10-20/h2-9,11H,12H2,1H3,(H,22,25). The van der Waals surface area contributed by atoms with Crippen LogP contribution in [0.2, 0.25) is 0 Å². The van der Waals surface area contributed by atoms with E-state index in [9.17, 15) is 14.9 Å². The minimum absolute atomic E-state index is 0.0914. The topological polar surface area (TPSA) is 123 Å². The number of imidazole rings is 1. The maximum atomic E-state index is 12.2. The molecule has 0 fully saturated rings. The van der Waals surface area contributed by atoms with E-state index in [0.29, 0.717) is 28.6 Å². The van der Waals surface area contributed by atoms with Gasteiger partial charge in [-0.05, 0) is 52.4 Å². The Bertz CT molecular complexity index is 1070. The molecule has 3 aromatic rings. The zero-order valence-corrected chi connectivity index (χ0v) is 14.8. The summed E-state index contributed by atoms with van der Waals surface area (Å²) in [5, 5.41) is 22.4. The maximum Gasteiger partial charge on any atom is 0.381 e. The van der Waals surface area contributed by atoms with Crippen molar-refractivity contribution in [3.63, 3.8) is 0 Å². The Morgan fingerprint density at radius 1 is 1.29 bits per heavy atom. The Labute approximate surface area is 160 Å². The van der Waals surface area contributed by atoms with Gasteiger partial charge in [-0.2, -0.15) is 5.26 Å². The molecule has 9 heteroatoms. The van der Waals surface area contributed by atoms with Crippen molar-refractivity contribution >= 4 is 17.4 Å². The zero-order valence-electron chi connectivity index (χ0n) is 14.8. The molecule has 0 aliphatic heterocycles. The van der Waals surface area contributed by atoms with Gasteiger partial charge in [-0.1, -0.05) is 6.07 Å². The molecular formula is C19H15N5O4. The lowest BCUT2D eigenvalue weighted by Gasteiger charge is -2.08. The van der Waals surface area contributed by atoms with Gasteiger partial charge in [0.1, 0.15) is 24.2 Å². The Morgan fingerprint density at radius 3 is 2.68 bits per heavy atom. The number of carbonyl (C=O) groups is 1. The molecule has 0 saturated carbocycles. The number of ether oxygens (including phenoxy) is 1. The van der Waals surface area contributed by atoms with Gasteiger partial charge in [0.15, 0.2) is 0 Å². The van der Waals surface area contributed by atoms with Crippen LogP contribution >= 0.6 is 0 Å². The number of nitro groups is 1. The van der Waals surface area contributed by atoms with E-state index in [1.54, 1.807) is 55.5 Å². The summed E-state index contributed by atoms with van der Waals surface area (Å²) in [4.78, 5) is 26.1. The second-order valence-corrected chi connectivity index (χ2v) is 5.85. The van der Waals surface area contributed by atoms with Gasteiger partial charge in [0.05, 0.1) is 11.6 Å². The number of carbonyl (C=O) groups excluding carboxylic acids is 1. The number of hydrogen-bond donors (Lipinski definition) is 1. The monoisotopic (exact) mass is 377 g/mol. The Morgan fingerprint density at radius 2 is 2.04 bits per heavy atom. The van der Waals surface area contributed by atoms with Gasteiger partial charge in [-0.3, -0.25) is 9.36 Å². The lowest BCUT2D eigenvalue weighted by Crippen LogP contribution is -2.19. The molecule has 140 valence electrons. The average Bonchev–Trinajstić information content (AvgIpc) is 3.04. The van der Waals surface area contributed by atoms with Gasteiger partial charge >= 0.3 is 5.82 Å². The molecule has 28 heavy (non-hydrogen) atoms. The molecule has 0 atom stereocenters. The van der Waals surface area contributed by atoms with Gasteiger partial charge in [-0.25, -0.2) is 0 Å². The van der Waals surface area contributed by atoms with Crippen molar-refractivity contribution in [1.82, 2.24) is 9.55 Å². The highest BCUT2D eigenvalue weighted by atomic mass is 16.6. The van der Waals surface area contributed by atoms with Gasteiger partial charge < -0.3 is 20.2 Å². The largest absolute Gasteiger partial charge is 0.457 e. The van der Waals surface area contributed by atoms with Crippen molar-refractivity contribution < 1.29 is 14.5 Å². The van der Waals surface area contributed by atoms with Crippen LogP contribution < -0.4 is 10.1 Å². The number of aryl methyl sites for hydroxylation is 1. The first kappa shape index (κ1) is 18.6.